The molecule has 1 aliphatic heterocycles. The molecule has 1 amide bonds. The van der Waals surface area contributed by atoms with Crippen molar-refractivity contribution in [1.82, 2.24) is 5.32 Å². The Balaban J connectivity index is 2.30. The van der Waals surface area contributed by atoms with Crippen LogP contribution in [-0.4, -0.2) is 34.7 Å². The van der Waals surface area contributed by atoms with E-state index in [9.17, 15) is 14.7 Å². The minimum atomic E-state index is -1.43. The van der Waals surface area contributed by atoms with E-state index in [1.165, 1.54) is 6.42 Å². The van der Waals surface area contributed by atoms with Crippen LogP contribution in [0.15, 0.2) is 11.6 Å². The second-order valence-electron chi connectivity index (χ2n) is 9.49. The smallest absolute Gasteiger partial charge is 0.335 e. The summed E-state index contributed by atoms with van der Waals surface area (Å²) < 4.78 is 5.68. The maximum atomic E-state index is 12.7. The van der Waals surface area contributed by atoms with Crippen molar-refractivity contribution in [3.63, 3.8) is 0 Å². The average Bonchev–Trinajstić information content (AvgIpc) is 2.86. The summed E-state index contributed by atoms with van der Waals surface area (Å²) in [5, 5.41) is 13.9. The normalized spacial score (nSPS) is 26.8. The summed E-state index contributed by atoms with van der Waals surface area (Å²) >= 11 is 0. The Hall–Kier alpha value is -1.36. The molecule has 1 fully saturated rings. The molecule has 0 aromatic carbocycles. The van der Waals surface area contributed by atoms with Gasteiger partial charge in [-0.1, -0.05) is 60.8 Å². The van der Waals surface area contributed by atoms with Gasteiger partial charge in [0.1, 0.15) is 0 Å². The molecule has 25 heavy (non-hydrogen) atoms. The Morgan fingerprint density at radius 1 is 1.20 bits per heavy atom. The van der Waals surface area contributed by atoms with E-state index < -0.39 is 34.4 Å². The molecule has 1 aliphatic carbocycles. The number of carbonyl (C=O) groups excluding carboxylic acids is 2. The zero-order chi connectivity index (χ0) is 19.0. The molecule has 2 unspecified atom stereocenters. The Morgan fingerprint density at radius 3 is 2.20 bits per heavy atom. The van der Waals surface area contributed by atoms with Gasteiger partial charge in [-0.25, -0.2) is 4.79 Å². The van der Waals surface area contributed by atoms with E-state index in [4.69, 9.17) is 4.74 Å². The molecule has 0 aromatic heterocycles. The van der Waals surface area contributed by atoms with Crippen LogP contribution in [0.1, 0.15) is 73.6 Å². The Bertz CT molecular complexity index is 561. The molecule has 5 heteroatoms. The van der Waals surface area contributed by atoms with Gasteiger partial charge in [0, 0.05) is 17.0 Å². The predicted molar refractivity (Wildman–Crippen MR) is 96.8 cm³/mol. The number of ether oxygens (including phenoxy) is 1. The van der Waals surface area contributed by atoms with Crippen molar-refractivity contribution in [3.05, 3.63) is 11.6 Å². The molecule has 142 valence electrons. The largest absolute Gasteiger partial charge is 0.447 e. The first-order valence-electron chi connectivity index (χ1n) is 9.33. The zero-order valence-electron chi connectivity index (χ0n) is 16.4. The minimum absolute atomic E-state index is 0.0936. The molecule has 0 bridgehead atoms. The molecule has 0 aromatic rings. The molecule has 1 saturated carbocycles. The van der Waals surface area contributed by atoms with E-state index in [-0.39, 0.29) is 6.04 Å². The second-order valence-corrected chi connectivity index (χ2v) is 9.49. The molecule has 0 saturated heterocycles. The molecule has 5 nitrogen and oxygen atoms in total. The van der Waals surface area contributed by atoms with Crippen LogP contribution >= 0.6 is 0 Å². The van der Waals surface area contributed by atoms with Gasteiger partial charge in [-0.15, -0.1) is 0 Å². The Kier molecular flexibility index (Phi) is 5.39. The van der Waals surface area contributed by atoms with E-state index in [0.29, 0.717) is 5.57 Å². The topological polar surface area (TPSA) is 75.6 Å². The number of hydrogen-bond donors (Lipinski definition) is 2. The minimum Gasteiger partial charge on any atom is -0.447 e. The number of rotatable bonds is 3. The third kappa shape index (κ3) is 3.91. The van der Waals surface area contributed by atoms with E-state index in [2.05, 4.69) is 5.32 Å². The summed E-state index contributed by atoms with van der Waals surface area (Å²) in [7, 11) is 0. The average molecular weight is 351 g/mol. The number of aliphatic hydroxyl groups excluding tert-OH is 1. The Labute approximate surface area is 151 Å². The summed E-state index contributed by atoms with van der Waals surface area (Å²) in [6.45, 7) is 11.4. The summed E-state index contributed by atoms with van der Waals surface area (Å²) in [4.78, 5) is 25.2. The van der Waals surface area contributed by atoms with Gasteiger partial charge in [-0.2, -0.15) is 0 Å². The number of nitrogens with one attached hydrogen (secondary N) is 1. The molecule has 2 aliphatic rings. The molecule has 1 heterocycles. The molecule has 2 N–H and O–H groups in total. The van der Waals surface area contributed by atoms with Crippen LogP contribution in [0.25, 0.3) is 0 Å². The number of cyclic esters (lactones) is 1. The van der Waals surface area contributed by atoms with Crippen molar-refractivity contribution in [2.75, 3.05) is 0 Å². The summed E-state index contributed by atoms with van der Waals surface area (Å²) in [5.41, 5.74) is -1.89. The van der Waals surface area contributed by atoms with E-state index in [1.807, 2.05) is 41.5 Å². The lowest BCUT2D eigenvalue weighted by Crippen LogP contribution is -2.59. The highest BCUT2D eigenvalue weighted by molar-refractivity contribution is 5.95. The van der Waals surface area contributed by atoms with Crippen LogP contribution < -0.4 is 5.32 Å². The van der Waals surface area contributed by atoms with Crippen LogP contribution in [-0.2, 0) is 14.3 Å². The lowest BCUT2D eigenvalue weighted by molar-refractivity contribution is -0.176. The highest BCUT2D eigenvalue weighted by atomic mass is 16.6. The van der Waals surface area contributed by atoms with Crippen LogP contribution in [0, 0.1) is 10.8 Å². The molecule has 2 atom stereocenters. The maximum absolute atomic E-state index is 12.7. The zero-order valence-corrected chi connectivity index (χ0v) is 16.4. The van der Waals surface area contributed by atoms with Crippen molar-refractivity contribution in [2.45, 2.75) is 91.4 Å². The van der Waals surface area contributed by atoms with Gasteiger partial charge >= 0.3 is 5.97 Å². The number of esters is 1. The van der Waals surface area contributed by atoms with E-state index in [1.54, 1.807) is 6.08 Å². The van der Waals surface area contributed by atoms with Crippen molar-refractivity contribution < 1.29 is 19.4 Å². The number of hydrogen-bond acceptors (Lipinski definition) is 4. The van der Waals surface area contributed by atoms with Crippen LogP contribution in [0.3, 0.4) is 0 Å². The molecule has 0 spiro atoms. The number of aliphatic hydroxyl groups is 1. The van der Waals surface area contributed by atoms with E-state index in [0.717, 1.165) is 25.7 Å². The van der Waals surface area contributed by atoms with Crippen molar-refractivity contribution in [3.8, 4) is 0 Å². The van der Waals surface area contributed by atoms with Crippen LogP contribution in [0.4, 0.5) is 0 Å². The van der Waals surface area contributed by atoms with Gasteiger partial charge in [0.15, 0.2) is 11.7 Å². The van der Waals surface area contributed by atoms with Crippen molar-refractivity contribution >= 4 is 11.9 Å². The highest BCUT2D eigenvalue weighted by Gasteiger charge is 2.57. The van der Waals surface area contributed by atoms with Gasteiger partial charge in [0.05, 0.1) is 0 Å². The molecule has 0 radical (unpaired) electrons. The van der Waals surface area contributed by atoms with Gasteiger partial charge in [-0.05, 0) is 24.3 Å². The third-order valence-corrected chi connectivity index (χ3v) is 5.43. The lowest BCUT2D eigenvalue weighted by atomic mass is 9.71. The lowest BCUT2D eigenvalue weighted by Gasteiger charge is -2.42. The standard InChI is InChI=1S/C20H33NO4/c1-18(2,3)14-12-20(19(4,5)6,25-17(14)24)15(22)16(23)21-13-10-8-7-9-11-13/h12-13,15,22H,7-11H2,1-6H3,(H,21,23). The van der Waals surface area contributed by atoms with E-state index >= 15 is 0 Å². The fourth-order valence-electron chi connectivity index (χ4n) is 3.67. The quantitative estimate of drug-likeness (QED) is 0.766. The predicted octanol–water partition coefficient (Wildman–Crippen LogP) is 3.11. The van der Waals surface area contributed by atoms with Crippen LogP contribution in [0.2, 0.25) is 0 Å². The number of carbonyl (C=O) groups is 2. The Morgan fingerprint density at radius 2 is 1.76 bits per heavy atom. The van der Waals surface area contributed by atoms with Crippen LogP contribution in [0.5, 0.6) is 0 Å². The first-order chi connectivity index (χ1) is 11.4. The van der Waals surface area contributed by atoms with Gasteiger partial charge in [0.25, 0.3) is 5.91 Å². The van der Waals surface area contributed by atoms with Crippen molar-refractivity contribution in [2.24, 2.45) is 10.8 Å². The summed E-state index contributed by atoms with van der Waals surface area (Å²) in [6.07, 6.45) is 5.49. The summed E-state index contributed by atoms with van der Waals surface area (Å²) in [6, 6.07) is 0.0936. The summed E-state index contributed by atoms with van der Waals surface area (Å²) in [5.74, 6) is -0.909. The second kappa shape index (κ2) is 6.75. The van der Waals surface area contributed by atoms with Gasteiger partial charge < -0.3 is 15.2 Å². The SMILES string of the molecule is CC(C)(C)C1=CC(C(O)C(=O)NC2CCCCC2)(C(C)(C)C)OC1=O. The first kappa shape index (κ1) is 20.0. The van der Waals surface area contributed by atoms with Gasteiger partial charge in [-0.3, -0.25) is 4.79 Å². The molecule has 2 rings (SSSR count). The first-order valence-corrected chi connectivity index (χ1v) is 9.33. The molecular weight excluding hydrogens is 318 g/mol. The van der Waals surface area contributed by atoms with Crippen molar-refractivity contribution in [1.29, 1.82) is 0 Å². The highest BCUT2D eigenvalue weighted by Crippen LogP contribution is 2.46. The fourth-order valence-corrected chi connectivity index (χ4v) is 3.67. The van der Waals surface area contributed by atoms with Gasteiger partial charge in [0.2, 0.25) is 0 Å². The molecular formula is C20H33NO4. The fraction of sp³-hybridized carbons (Fsp3) is 0.800. The third-order valence-electron chi connectivity index (χ3n) is 5.43. The maximum Gasteiger partial charge on any atom is 0.335 e. The number of amides is 1. The monoisotopic (exact) mass is 351 g/mol.